The molecule has 84 valence electrons. The van der Waals surface area contributed by atoms with E-state index in [0.717, 1.165) is 0 Å². The average molecular weight is 259 g/mol. The van der Waals surface area contributed by atoms with Crippen molar-refractivity contribution in [2.75, 3.05) is 0 Å². The zero-order chi connectivity index (χ0) is 11.8. The lowest BCUT2D eigenvalue weighted by Gasteiger charge is -1.94. The van der Waals surface area contributed by atoms with E-state index in [1.807, 2.05) is 6.07 Å². The standard InChI is InChI=1S/C9H7ClN2O3S/c10-7-8(6-4-2-1-3-5-6)12-15-9(7)16(11,13)14/h1-5H,(H2,11,13,14). The Balaban J connectivity index is 2.59. The van der Waals surface area contributed by atoms with Crippen molar-refractivity contribution in [1.82, 2.24) is 5.16 Å². The Morgan fingerprint density at radius 1 is 1.25 bits per heavy atom. The van der Waals surface area contributed by atoms with Crippen LogP contribution in [0.1, 0.15) is 0 Å². The van der Waals surface area contributed by atoms with Gasteiger partial charge in [0.25, 0.3) is 15.1 Å². The minimum atomic E-state index is -3.98. The predicted octanol–water partition coefficient (Wildman–Crippen LogP) is 1.64. The van der Waals surface area contributed by atoms with Crippen LogP contribution >= 0.6 is 11.6 Å². The van der Waals surface area contributed by atoms with Crippen molar-refractivity contribution in [3.05, 3.63) is 35.4 Å². The molecule has 16 heavy (non-hydrogen) atoms. The van der Waals surface area contributed by atoms with Crippen LogP contribution in [0.2, 0.25) is 5.02 Å². The smallest absolute Gasteiger partial charge is 0.284 e. The van der Waals surface area contributed by atoms with Crippen molar-refractivity contribution in [2.45, 2.75) is 5.09 Å². The van der Waals surface area contributed by atoms with E-state index in [1.165, 1.54) is 0 Å². The van der Waals surface area contributed by atoms with Gasteiger partial charge in [-0.05, 0) is 0 Å². The third-order valence-corrected chi connectivity index (χ3v) is 3.17. The zero-order valence-corrected chi connectivity index (χ0v) is 9.49. The highest BCUT2D eigenvalue weighted by molar-refractivity contribution is 7.89. The van der Waals surface area contributed by atoms with Crippen LogP contribution < -0.4 is 5.14 Å². The summed E-state index contributed by atoms with van der Waals surface area (Å²) in [6.45, 7) is 0. The van der Waals surface area contributed by atoms with Crippen molar-refractivity contribution >= 4 is 21.6 Å². The highest BCUT2D eigenvalue weighted by atomic mass is 35.5. The molecule has 0 aliphatic carbocycles. The van der Waals surface area contributed by atoms with Gasteiger partial charge in [-0.15, -0.1) is 0 Å². The van der Waals surface area contributed by atoms with E-state index in [0.29, 0.717) is 5.56 Å². The molecule has 0 saturated heterocycles. The van der Waals surface area contributed by atoms with Gasteiger partial charge >= 0.3 is 0 Å². The molecule has 0 fully saturated rings. The Bertz CT molecular complexity index is 607. The Kier molecular flexibility index (Phi) is 2.71. The van der Waals surface area contributed by atoms with Gasteiger partial charge in [0.15, 0.2) is 0 Å². The topological polar surface area (TPSA) is 86.2 Å². The fourth-order valence-electron chi connectivity index (χ4n) is 1.22. The summed E-state index contributed by atoms with van der Waals surface area (Å²) in [5.74, 6) is 0. The molecule has 2 rings (SSSR count). The molecule has 0 bridgehead atoms. The molecule has 0 radical (unpaired) electrons. The lowest BCUT2D eigenvalue weighted by molar-refractivity contribution is 0.341. The molecule has 0 saturated carbocycles. The molecular formula is C9H7ClN2O3S. The van der Waals surface area contributed by atoms with Gasteiger partial charge < -0.3 is 4.52 Å². The summed E-state index contributed by atoms with van der Waals surface area (Å²) in [6, 6.07) is 8.83. The minimum Gasteiger partial charge on any atom is -0.341 e. The first-order valence-electron chi connectivity index (χ1n) is 4.23. The molecule has 0 amide bonds. The Hall–Kier alpha value is -1.37. The number of hydrogen-bond acceptors (Lipinski definition) is 4. The van der Waals surface area contributed by atoms with Crippen molar-refractivity contribution in [1.29, 1.82) is 0 Å². The normalized spacial score (nSPS) is 11.6. The van der Waals surface area contributed by atoms with Crippen LogP contribution in [0.25, 0.3) is 11.3 Å². The first-order chi connectivity index (χ1) is 7.50. The predicted molar refractivity (Wildman–Crippen MR) is 58.3 cm³/mol. The van der Waals surface area contributed by atoms with E-state index in [9.17, 15) is 8.42 Å². The second-order valence-electron chi connectivity index (χ2n) is 3.04. The zero-order valence-electron chi connectivity index (χ0n) is 7.92. The summed E-state index contributed by atoms with van der Waals surface area (Å²) in [5.41, 5.74) is 0.914. The molecule has 1 aromatic heterocycles. The van der Waals surface area contributed by atoms with Gasteiger partial charge in [-0.1, -0.05) is 47.1 Å². The summed E-state index contributed by atoms with van der Waals surface area (Å²) in [6.07, 6.45) is 0. The van der Waals surface area contributed by atoms with E-state index >= 15 is 0 Å². The van der Waals surface area contributed by atoms with E-state index in [4.69, 9.17) is 16.7 Å². The largest absolute Gasteiger partial charge is 0.341 e. The second kappa shape index (κ2) is 3.89. The Morgan fingerprint density at radius 2 is 1.88 bits per heavy atom. The lowest BCUT2D eigenvalue weighted by atomic mass is 10.2. The van der Waals surface area contributed by atoms with Gasteiger partial charge in [-0.25, -0.2) is 13.6 Å². The number of sulfonamides is 1. The maximum absolute atomic E-state index is 11.1. The third-order valence-electron chi connectivity index (χ3n) is 1.91. The summed E-state index contributed by atoms with van der Waals surface area (Å²) >= 11 is 5.83. The van der Waals surface area contributed by atoms with Crippen LogP contribution in [0.15, 0.2) is 39.9 Å². The van der Waals surface area contributed by atoms with Crippen LogP contribution in [-0.4, -0.2) is 13.6 Å². The first-order valence-corrected chi connectivity index (χ1v) is 6.16. The number of nitrogens with two attached hydrogens (primary N) is 1. The van der Waals surface area contributed by atoms with Crippen LogP contribution in [0.3, 0.4) is 0 Å². The third kappa shape index (κ3) is 1.95. The Morgan fingerprint density at radius 3 is 2.38 bits per heavy atom. The Labute approximate surface area is 96.9 Å². The molecular weight excluding hydrogens is 252 g/mol. The first kappa shape index (κ1) is 11.1. The molecule has 1 heterocycles. The molecule has 2 N–H and O–H groups in total. The van der Waals surface area contributed by atoms with Crippen LogP contribution in [0.4, 0.5) is 0 Å². The number of benzene rings is 1. The van der Waals surface area contributed by atoms with Gasteiger partial charge in [-0.2, -0.15) is 0 Å². The van der Waals surface area contributed by atoms with Crippen LogP contribution in [0.5, 0.6) is 0 Å². The van der Waals surface area contributed by atoms with E-state index < -0.39 is 15.1 Å². The fraction of sp³-hybridized carbons (Fsp3) is 0. The minimum absolute atomic E-state index is 0.103. The van der Waals surface area contributed by atoms with E-state index in [1.54, 1.807) is 24.3 Å². The van der Waals surface area contributed by atoms with Gasteiger partial charge in [-0.3, -0.25) is 0 Å². The van der Waals surface area contributed by atoms with Gasteiger partial charge in [0.05, 0.1) is 0 Å². The summed E-state index contributed by atoms with van der Waals surface area (Å²) in [4.78, 5) is 0. The summed E-state index contributed by atoms with van der Waals surface area (Å²) < 4.78 is 26.7. The highest BCUT2D eigenvalue weighted by Gasteiger charge is 2.23. The molecule has 0 unspecified atom stereocenters. The number of halogens is 1. The summed E-state index contributed by atoms with van der Waals surface area (Å²) in [7, 11) is -3.98. The summed E-state index contributed by atoms with van der Waals surface area (Å²) in [5, 5.41) is 7.87. The van der Waals surface area contributed by atoms with Gasteiger partial charge in [0.2, 0.25) is 0 Å². The number of hydrogen-bond donors (Lipinski definition) is 1. The molecule has 0 atom stereocenters. The van der Waals surface area contributed by atoms with Crippen molar-refractivity contribution in [2.24, 2.45) is 5.14 Å². The lowest BCUT2D eigenvalue weighted by Crippen LogP contribution is -2.11. The van der Waals surface area contributed by atoms with Crippen molar-refractivity contribution in [3.63, 3.8) is 0 Å². The van der Waals surface area contributed by atoms with E-state index in [-0.39, 0.29) is 10.7 Å². The second-order valence-corrected chi connectivity index (χ2v) is 4.88. The van der Waals surface area contributed by atoms with Gasteiger partial charge in [0.1, 0.15) is 10.7 Å². The average Bonchev–Trinajstić information content (AvgIpc) is 2.61. The van der Waals surface area contributed by atoms with E-state index in [2.05, 4.69) is 9.68 Å². The molecule has 2 aromatic rings. The number of rotatable bonds is 2. The highest BCUT2D eigenvalue weighted by Crippen LogP contribution is 2.31. The monoisotopic (exact) mass is 258 g/mol. The maximum atomic E-state index is 11.1. The SMILES string of the molecule is NS(=O)(=O)c1onc(-c2ccccc2)c1Cl. The maximum Gasteiger partial charge on any atom is 0.284 e. The van der Waals surface area contributed by atoms with Crippen molar-refractivity contribution < 1.29 is 12.9 Å². The molecule has 0 spiro atoms. The number of nitrogens with zero attached hydrogens (tertiary/aromatic N) is 1. The quantitative estimate of drug-likeness (QED) is 0.887. The van der Waals surface area contributed by atoms with Crippen LogP contribution in [-0.2, 0) is 10.0 Å². The fourth-order valence-corrected chi connectivity index (χ4v) is 2.20. The molecule has 7 heteroatoms. The molecule has 5 nitrogen and oxygen atoms in total. The van der Waals surface area contributed by atoms with Crippen LogP contribution in [0, 0.1) is 0 Å². The molecule has 1 aromatic carbocycles. The van der Waals surface area contributed by atoms with Crippen molar-refractivity contribution in [3.8, 4) is 11.3 Å². The number of primary sulfonamides is 1. The van der Waals surface area contributed by atoms with Gasteiger partial charge in [0, 0.05) is 5.56 Å². The molecule has 0 aliphatic rings. The number of aromatic nitrogens is 1. The molecule has 0 aliphatic heterocycles.